The fourth-order valence-electron chi connectivity index (χ4n) is 2.94. The topological polar surface area (TPSA) is 42.4 Å². The zero-order valence-electron chi connectivity index (χ0n) is 13.3. The summed E-state index contributed by atoms with van der Waals surface area (Å²) in [6.07, 6.45) is 3.60. The highest BCUT2D eigenvalue weighted by Crippen LogP contribution is 2.30. The van der Waals surface area contributed by atoms with Crippen LogP contribution in [0.5, 0.6) is 0 Å². The van der Waals surface area contributed by atoms with Gasteiger partial charge >= 0.3 is 5.82 Å². The maximum absolute atomic E-state index is 6.38. The number of anilines is 2. The molecule has 1 N–H and O–H groups in total. The van der Waals surface area contributed by atoms with E-state index in [0.29, 0.717) is 5.02 Å². The number of aromatic nitrogens is 3. The normalized spacial score (nSPS) is 11.1. The first-order chi connectivity index (χ1) is 11.7. The van der Waals surface area contributed by atoms with Gasteiger partial charge < -0.3 is 4.84 Å². The van der Waals surface area contributed by atoms with Crippen LogP contribution >= 0.6 is 11.6 Å². The predicted octanol–water partition coefficient (Wildman–Crippen LogP) is 3.54. The van der Waals surface area contributed by atoms with E-state index < -0.39 is 0 Å². The number of para-hydroxylation sites is 3. The van der Waals surface area contributed by atoms with Crippen molar-refractivity contribution in [1.29, 1.82) is 0 Å². The number of fused-ring (bicyclic) bond motifs is 3. The lowest BCUT2D eigenvalue weighted by Gasteiger charge is -2.12. The molecule has 0 aliphatic heterocycles. The molecule has 5 nitrogen and oxygen atoms in total. The number of imidazole rings is 1. The minimum absolute atomic E-state index is 0.656. The van der Waals surface area contributed by atoms with Crippen molar-refractivity contribution in [3.8, 4) is 0 Å². The van der Waals surface area contributed by atoms with E-state index in [1.807, 2.05) is 53.8 Å². The van der Waals surface area contributed by atoms with Crippen molar-refractivity contribution in [1.82, 2.24) is 9.38 Å². The van der Waals surface area contributed by atoms with Crippen molar-refractivity contribution in [2.24, 2.45) is 0 Å². The molecule has 0 unspecified atom stereocenters. The first-order valence-corrected chi connectivity index (χ1v) is 7.94. The largest absolute Gasteiger partial charge is 0.345 e. The average molecular weight is 340 g/mol. The van der Waals surface area contributed by atoms with Gasteiger partial charge in [-0.1, -0.05) is 35.9 Å². The van der Waals surface area contributed by atoms with Crippen molar-refractivity contribution in [3.63, 3.8) is 0 Å². The highest BCUT2D eigenvalue weighted by molar-refractivity contribution is 6.33. The number of nitrogens with one attached hydrogen (secondary N) is 1. The van der Waals surface area contributed by atoms with Gasteiger partial charge in [-0.05, 0) is 35.4 Å². The Morgan fingerprint density at radius 3 is 2.75 bits per heavy atom. The van der Waals surface area contributed by atoms with E-state index in [9.17, 15) is 0 Å². The van der Waals surface area contributed by atoms with E-state index in [2.05, 4.69) is 10.3 Å². The molecule has 0 fully saturated rings. The van der Waals surface area contributed by atoms with Gasteiger partial charge in [-0.25, -0.2) is 10.3 Å². The number of hydrogen-bond acceptors (Lipinski definition) is 3. The van der Waals surface area contributed by atoms with Gasteiger partial charge in [0.25, 0.3) is 0 Å². The molecule has 6 heteroatoms. The van der Waals surface area contributed by atoms with Gasteiger partial charge in [-0.3, -0.25) is 4.40 Å². The average Bonchev–Trinajstić information content (AvgIpc) is 3.08. The third-order valence-corrected chi connectivity index (χ3v) is 4.41. The highest BCUT2D eigenvalue weighted by atomic mass is 35.5. The lowest BCUT2D eigenvalue weighted by atomic mass is 10.2. The van der Waals surface area contributed by atoms with Crippen LogP contribution in [0.4, 0.5) is 11.5 Å². The number of rotatable bonds is 3. The predicted molar refractivity (Wildman–Crippen MR) is 94.9 cm³/mol. The number of hydrogen-bond donors (Lipinski definition) is 1. The van der Waals surface area contributed by atoms with Crippen LogP contribution in [-0.4, -0.2) is 16.5 Å². The smallest absolute Gasteiger partial charge is 0.338 e. The number of aryl methyl sites for hydroxylation is 1. The first-order valence-electron chi connectivity index (χ1n) is 7.56. The molecular formula is C18H16ClN4O+. The van der Waals surface area contributed by atoms with E-state index in [4.69, 9.17) is 16.4 Å². The van der Waals surface area contributed by atoms with Crippen LogP contribution in [0, 0.1) is 6.92 Å². The van der Waals surface area contributed by atoms with E-state index >= 15 is 0 Å². The summed E-state index contributed by atoms with van der Waals surface area (Å²) in [5, 5.41) is 4.08. The Hall–Kier alpha value is -2.79. The van der Waals surface area contributed by atoms with Gasteiger partial charge in [0.05, 0.1) is 16.7 Å². The van der Waals surface area contributed by atoms with Crippen molar-refractivity contribution in [3.05, 3.63) is 65.6 Å². The monoisotopic (exact) mass is 339 g/mol. The molecule has 0 saturated heterocycles. The van der Waals surface area contributed by atoms with Crippen LogP contribution in [0.15, 0.2) is 55.0 Å². The molecule has 0 saturated carbocycles. The van der Waals surface area contributed by atoms with Gasteiger partial charge in [0.15, 0.2) is 11.0 Å². The molecule has 0 radical (unpaired) electrons. The molecule has 0 spiro atoms. The third-order valence-electron chi connectivity index (χ3n) is 4.09. The zero-order chi connectivity index (χ0) is 16.7. The lowest BCUT2D eigenvalue weighted by molar-refractivity contribution is -0.853. The molecule has 0 bridgehead atoms. The van der Waals surface area contributed by atoms with Gasteiger partial charge in [-0.15, -0.1) is 0 Å². The maximum Gasteiger partial charge on any atom is 0.345 e. The summed E-state index contributed by atoms with van der Waals surface area (Å²) in [6.45, 7) is 2.01. The van der Waals surface area contributed by atoms with E-state index in [0.717, 1.165) is 33.6 Å². The quantitative estimate of drug-likeness (QED) is 0.580. The Balaban J connectivity index is 2.04. The van der Waals surface area contributed by atoms with E-state index in [1.165, 1.54) is 0 Å². The molecule has 24 heavy (non-hydrogen) atoms. The third kappa shape index (κ3) is 2.17. The van der Waals surface area contributed by atoms with Gasteiger partial charge in [0.1, 0.15) is 19.1 Å². The van der Waals surface area contributed by atoms with Crippen LogP contribution in [0.25, 0.3) is 16.6 Å². The summed E-state index contributed by atoms with van der Waals surface area (Å²) in [7, 11) is 1.64. The van der Waals surface area contributed by atoms with Crippen molar-refractivity contribution in [2.45, 2.75) is 6.92 Å². The second-order valence-electron chi connectivity index (χ2n) is 5.52. The van der Waals surface area contributed by atoms with Crippen LogP contribution in [0.2, 0.25) is 5.02 Å². The zero-order valence-corrected chi connectivity index (χ0v) is 14.1. The summed E-state index contributed by atoms with van der Waals surface area (Å²) < 4.78 is 3.79. The fraction of sp³-hybridized carbons (Fsp3) is 0.111. The minimum Gasteiger partial charge on any atom is -0.338 e. The Labute approximate surface area is 144 Å². The van der Waals surface area contributed by atoms with Crippen molar-refractivity contribution >= 4 is 39.7 Å². The Morgan fingerprint density at radius 1 is 1.12 bits per heavy atom. The SMILES string of the molecule is CO[n+]1c(Nc2c(C)cccc2Cl)c2cncn2c2ccccc21. The van der Waals surface area contributed by atoms with Crippen molar-refractivity contribution in [2.75, 3.05) is 12.4 Å². The molecule has 0 amide bonds. The van der Waals surface area contributed by atoms with Crippen LogP contribution in [0.1, 0.15) is 5.56 Å². The summed E-state index contributed by atoms with van der Waals surface area (Å²) in [4.78, 5) is 9.95. The summed E-state index contributed by atoms with van der Waals surface area (Å²) in [5.74, 6) is 0.768. The molecule has 4 aromatic rings. The van der Waals surface area contributed by atoms with Gasteiger partial charge in [-0.2, -0.15) is 0 Å². The minimum atomic E-state index is 0.656. The number of halogens is 1. The molecular weight excluding hydrogens is 324 g/mol. The molecule has 120 valence electrons. The van der Waals surface area contributed by atoms with E-state index in [-0.39, 0.29) is 0 Å². The molecule has 2 aromatic heterocycles. The first kappa shape index (κ1) is 14.8. The molecule has 4 rings (SSSR count). The van der Waals surface area contributed by atoms with E-state index in [1.54, 1.807) is 24.4 Å². The summed E-state index contributed by atoms with van der Waals surface area (Å²) >= 11 is 6.38. The Bertz CT molecular complexity index is 1040. The van der Waals surface area contributed by atoms with Crippen molar-refractivity contribution < 1.29 is 9.57 Å². The second-order valence-corrected chi connectivity index (χ2v) is 5.93. The molecule has 0 aliphatic rings. The second kappa shape index (κ2) is 5.69. The standard InChI is InChI=1S/C18H15ClN4O/c1-12-6-5-7-13(19)17(12)21-18-16-10-20-11-22(16)14-8-3-4-9-15(14)23(18)24-2/h3-11H,1-2H3/p+1. The van der Waals surface area contributed by atoms with Crippen LogP contribution in [-0.2, 0) is 0 Å². The fourth-order valence-corrected chi connectivity index (χ4v) is 3.21. The number of benzene rings is 2. The molecule has 2 heterocycles. The highest BCUT2D eigenvalue weighted by Gasteiger charge is 2.23. The molecule has 0 atom stereocenters. The summed E-state index contributed by atoms with van der Waals surface area (Å²) in [6, 6.07) is 13.8. The maximum atomic E-state index is 6.38. The van der Waals surface area contributed by atoms with Crippen LogP contribution in [0.3, 0.4) is 0 Å². The van der Waals surface area contributed by atoms with Gasteiger partial charge in [0, 0.05) is 0 Å². The molecule has 2 aromatic carbocycles. The number of nitrogens with zero attached hydrogens (tertiary/aromatic N) is 3. The summed E-state index contributed by atoms with van der Waals surface area (Å²) in [5.41, 5.74) is 4.74. The molecule has 0 aliphatic carbocycles. The Morgan fingerprint density at radius 2 is 1.96 bits per heavy atom. The van der Waals surface area contributed by atoms with Gasteiger partial charge in [0.2, 0.25) is 0 Å². The van der Waals surface area contributed by atoms with Crippen LogP contribution < -0.4 is 14.9 Å². The Kier molecular flexibility index (Phi) is 3.50. The lowest BCUT2D eigenvalue weighted by Crippen LogP contribution is -2.44.